The number of carboxylic acids is 1. The van der Waals surface area contributed by atoms with Crippen LogP contribution in [0.25, 0.3) is 0 Å². The van der Waals surface area contributed by atoms with E-state index in [1.165, 1.54) is 23.9 Å². The second kappa shape index (κ2) is 7.96. The quantitative estimate of drug-likeness (QED) is 0.753. The van der Waals surface area contributed by atoms with Gasteiger partial charge in [0.1, 0.15) is 11.9 Å². The van der Waals surface area contributed by atoms with E-state index < -0.39 is 23.9 Å². The molecule has 1 aromatic carbocycles. The first-order valence-corrected chi connectivity index (χ1v) is 7.45. The van der Waals surface area contributed by atoms with Gasteiger partial charge in [-0.05, 0) is 36.6 Å². The number of benzene rings is 1. The Morgan fingerprint density at radius 2 is 2.20 bits per heavy atom. The third-order valence-corrected chi connectivity index (χ3v) is 3.27. The van der Waals surface area contributed by atoms with E-state index in [4.69, 9.17) is 16.7 Å². The average molecular weight is 321 g/mol. The molecule has 0 bridgehead atoms. The molecule has 0 heterocycles. The summed E-state index contributed by atoms with van der Waals surface area (Å²) in [5.74, 6) is -1.23. The normalized spacial score (nSPS) is 11.8. The molecule has 5 nitrogen and oxygen atoms in total. The van der Waals surface area contributed by atoms with Crippen molar-refractivity contribution in [2.24, 2.45) is 0 Å². The molecule has 1 atom stereocenters. The highest BCUT2D eigenvalue weighted by molar-refractivity contribution is 7.98. The summed E-state index contributed by atoms with van der Waals surface area (Å²) in [5, 5.41) is 13.7. The lowest BCUT2D eigenvalue weighted by atomic mass is 10.2. The number of carbonyl (C=O) groups is 2. The summed E-state index contributed by atoms with van der Waals surface area (Å²) in [6.45, 7) is 0. The number of hydrogen-bond acceptors (Lipinski definition) is 3. The average Bonchev–Trinajstić information content (AvgIpc) is 2.37. The van der Waals surface area contributed by atoms with Gasteiger partial charge < -0.3 is 15.7 Å². The van der Waals surface area contributed by atoms with Gasteiger partial charge in [0.15, 0.2) is 0 Å². The number of hydrogen-bond donors (Lipinski definition) is 3. The number of halogens is 2. The van der Waals surface area contributed by atoms with Crippen molar-refractivity contribution in [3.05, 3.63) is 29.0 Å². The first-order valence-electron chi connectivity index (χ1n) is 5.68. The van der Waals surface area contributed by atoms with Crippen LogP contribution in [0.1, 0.15) is 6.42 Å². The van der Waals surface area contributed by atoms with Gasteiger partial charge in [0.2, 0.25) is 0 Å². The highest BCUT2D eigenvalue weighted by atomic mass is 35.5. The summed E-state index contributed by atoms with van der Waals surface area (Å²) in [4.78, 5) is 22.6. The van der Waals surface area contributed by atoms with Gasteiger partial charge in [-0.15, -0.1) is 0 Å². The molecule has 0 saturated heterocycles. The van der Waals surface area contributed by atoms with Gasteiger partial charge in [-0.2, -0.15) is 11.8 Å². The topological polar surface area (TPSA) is 78.4 Å². The molecule has 0 aliphatic carbocycles. The van der Waals surface area contributed by atoms with Gasteiger partial charge in [0.25, 0.3) is 0 Å². The van der Waals surface area contributed by atoms with Crippen LogP contribution < -0.4 is 10.6 Å². The third-order valence-electron chi connectivity index (χ3n) is 2.39. The third kappa shape index (κ3) is 5.26. The van der Waals surface area contributed by atoms with Crippen molar-refractivity contribution >= 4 is 41.1 Å². The second-order valence-electron chi connectivity index (χ2n) is 3.89. The van der Waals surface area contributed by atoms with Crippen molar-refractivity contribution in [2.75, 3.05) is 17.3 Å². The summed E-state index contributed by atoms with van der Waals surface area (Å²) in [7, 11) is 0. The fraction of sp³-hybridized carbons (Fsp3) is 0.333. The molecule has 110 valence electrons. The van der Waals surface area contributed by atoms with E-state index in [1.807, 2.05) is 6.26 Å². The first-order chi connectivity index (χ1) is 9.43. The molecule has 0 radical (unpaired) electrons. The smallest absolute Gasteiger partial charge is 0.326 e. The van der Waals surface area contributed by atoms with Crippen molar-refractivity contribution in [3.8, 4) is 0 Å². The van der Waals surface area contributed by atoms with E-state index in [-0.39, 0.29) is 17.1 Å². The van der Waals surface area contributed by atoms with E-state index in [2.05, 4.69) is 10.6 Å². The van der Waals surface area contributed by atoms with E-state index in [9.17, 15) is 14.0 Å². The predicted molar refractivity (Wildman–Crippen MR) is 78.0 cm³/mol. The Kier molecular flexibility index (Phi) is 6.60. The molecule has 1 rings (SSSR count). The van der Waals surface area contributed by atoms with Crippen LogP contribution in [0.2, 0.25) is 5.02 Å². The number of aliphatic carboxylic acids is 1. The van der Waals surface area contributed by atoms with Gasteiger partial charge in [0, 0.05) is 5.02 Å². The zero-order chi connectivity index (χ0) is 15.1. The fourth-order valence-electron chi connectivity index (χ4n) is 1.40. The fourth-order valence-corrected chi connectivity index (χ4v) is 2.03. The van der Waals surface area contributed by atoms with Crippen molar-refractivity contribution in [1.29, 1.82) is 0 Å². The molecule has 0 saturated carbocycles. The Hall–Kier alpha value is -1.47. The molecule has 1 unspecified atom stereocenters. The van der Waals surface area contributed by atoms with E-state index in [1.54, 1.807) is 0 Å². The second-order valence-corrected chi connectivity index (χ2v) is 5.32. The van der Waals surface area contributed by atoms with Gasteiger partial charge in [-0.25, -0.2) is 14.0 Å². The van der Waals surface area contributed by atoms with Gasteiger partial charge in [-0.3, -0.25) is 0 Å². The molecule has 2 amide bonds. The zero-order valence-electron chi connectivity index (χ0n) is 10.7. The molecular formula is C12H14ClFN2O3S. The number of urea groups is 1. The monoisotopic (exact) mass is 320 g/mol. The number of amides is 2. The maximum Gasteiger partial charge on any atom is 0.326 e. The Morgan fingerprint density at radius 3 is 2.75 bits per heavy atom. The summed E-state index contributed by atoms with van der Waals surface area (Å²) in [5.41, 5.74) is -0.0686. The highest BCUT2D eigenvalue weighted by Gasteiger charge is 2.19. The SMILES string of the molecule is CSCCC(NC(=O)Nc1ccc(Cl)cc1F)C(=O)O. The molecule has 0 spiro atoms. The van der Waals surface area contributed by atoms with Crippen LogP contribution in [-0.4, -0.2) is 35.2 Å². The molecule has 1 aromatic rings. The minimum Gasteiger partial charge on any atom is -0.480 e. The zero-order valence-corrected chi connectivity index (χ0v) is 12.2. The van der Waals surface area contributed by atoms with Crippen molar-refractivity contribution in [1.82, 2.24) is 5.32 Å². The Balaban J connectivity index is 2.63. The van der Waals surface area contributed by atoms with Gasteiger partial charge >= 0.3 is 12.0 Å². The Morgan fingerprint density at radius 1 is 1.50 bits per heavy atom. The maximum absolute atomic E-state index is 13.5. The summed E-state index contributed by atoms with van der Waals surface area (Å²) >= 11 is 7.06. The minimum atomic E-state index is -1.13. The standard InChI is InChI=1S/C12H14ClFN2O3S/c1-20-5-4-10(11(17)18)16-12(19)15-9-3-2-7(13)6-8(9)14/h2-3,6,10H,4-5H2,1H3,(H,17,18)(H2,15,16,19). The van der Waals surface area contributed by atoms with Crippen LogP contribution in [0.4, 0.5) is 14.9 Å². The van der Waals surface area contributed by atoms with Crippen molar-refractivity contribution in [2.45, 2.75) is 12.5 Å². The summed E-state index contributed by atoms with van der Waals surface area (Å²) < 4.78 is 13.5. The van der Waals surface area contributed by atoms with Crippen molar-refractivity contribution in [3.63, 3.8) is 0 Å². The molecule has 0 aromatic heterocycles. The minimum absolute atomic E-state index is 0.0686. The number of rotatable bonds is 6. The van der Waals surface area contributed by atoms with Crippen molar-refractivity contribution < 1.29 is 19.1 Å². The number of thioether (sulfide) groups is 1. The Labute approximate surface area is 124 Å². The molecule has 20 heavy (non-hydrogen) atoms. The largest absolute Gasteiger partial charge is 0.480 e. The van der Waals surface area contributed by atoms with Crippen LogP contribution in [-0.2, 0) is 4.79 Å². The lowest BCUT2D eigenvalue weighted by molar-refractivity contribution is -0.139. The summed E-state index contributed by atoms with van der Waals surface area (Å²) in [6.07, 6.45) is 2.12. The molecule has 0 fully saturated rings. The van der Waals surface area contributed by atoms with Crippen LogP contribution in [0.5, 0.6) is 0 Å². The number of carboxylic acid groups (broad SMARTS) is 1. The molecule has 0 aliphatic heterocycles. The van der Waals surface area contributed by atoms with E-state index >= 15 is 0 Å². The Bertz CT molecular complexity index is 502. The molecular weight excluding hydrogens is 307 g/mol. The molecule has 8 heteroatoms. The molecule has 3 N–H and O–H groups in total. The van der Waals surface area contributed by atoms with E-state index in [0.29, 0.717) is 5.75 Å². The lowest BCUT2D eigenvalue weighted by Crippen LogP contribution is -2.43. The highest BCUT2D eigenvalue weighted by Crippen LogP contribution is 2.18. The van der Waals surface area contributed by atoms with E-state index in [0.717, 1.165) is 6.07 Å². The van der Waals surface area contributed by atoms with Gasteiger partial charge in [0.05, 0.1) is 5.69 Å². The number of nitrogens with one attached hydrogen (secondary N) is 2. The van der Waals surface area contributed by atoms with Crippen LogP contribution >= 0.6 is 23.4 Å². The summed E-state index contributed by atoms with van der Waals surface area (Å²) in [6, 6.07) is 1.98. The molecule has 0 aliphatic rings. The lowest BCUT2D eigenvalue weighted by Gasteiger charge is -2.15. The van der Waals surface area contributed by atoms with Crippen LogP contribution in [0, 0.1) is 5.82 Å². The van der Waals surface area contributed by atoms with Crippen LogP contribution in [0.3, 0.4) is 0 Å². The van der Waals surface area contributed by atoms with Crippen LogP contribution in [0.15, 0.2) is 18.2 Å². The first kappa shape index (κ1) is 16.6. The maximum atomic E-state index is 13.5. The predicted octanol–water partition coefficient (Wildman–Crippen LogP) is 2.81. The van der Waals surface area contributed by atoms with Gasteiger partial charge in [-0.1, -0.05) is 11.6 Å². The number of carbonyl (C=O) groups excluding carboxylic acids is 1. The number of anilines is 1.